The molecule has 1 aromatic carbocycles. The highest BCUT2D eigenvalue weighted by molar-refractivity contribution is 5.98. The molecule has 0 bridgehead atoms. The number of benzene rings is 1. The number of rotatable bonds is 5. The number of hydrogen-bond donors (Lipinski definition) is 0. The Hall–Kier alpha value is -3.92. The minimum Gasteiger partial charge on any atom is -0.356 e. The first-order chi connectivity index (χ1) is 16.1. The second-order valence-electron chi connectivity index (χ2n) is 7.80. The molecule has 168 valence electrons. The van der Waals surface area contributed by atoms with Gasteiger partial charge >= 0.3 is 0 Å². The Kier molecular flexibility index (Phi) is 5.66. The monoisotopic (exact) mass is 447 g/mol. The molecule has 0 spiro atoms. The summed E-state index contributed by atoms with van der Waals surface area (Å²) in [5.41, 5.74) is 3.28. The van der Waals surface area contributed by atoms with Crippen LogP contribution in [0.4, 0.5) is 4.39 Å². The van der Waals surface area contributed by atoms with Crippen LogP contribution in [0.15, 0.2) is 61.2 Å². The predicted molar refractivity (Wildman–Crippen MR) is 117 cm³/mol. The fourth-order valence-electron chi connectivity index (χ4n) is 3.85. The highest BCUT2D eigenvalue weighted by atomic mass is 19.1. The van der Waals surface area contributed by atoms with Crippen LogP contribution in [-0.2, 0) is 11.3 Å². The third-order valence-corrected chi connectivity index (χ3v) is 5.45. The molecule has 1 atom stereocenters. The summed E-state index contributed by atoms with van der Waals surface area (Å²) in [6, 6.07) is 10.3. The largest absolute Gasteiger partial charge is 0.356 e. The minimum absolute atomic E-state index is 0.150. The summed E-state index contributed by atoms with van der Waals surface area (Å²) in [5, 5.41) is 12.9. The molecule has 4 aromatic rings. The van der Waals surface area contributed by atoms with Crippen molar-refractivity contribution in [2.45, 2.75) is 26.1 Å². The van der Waals surface area contributed by atoms with Crippen molar-refractivity contribution in [2.24, 2.45) is 0 Å². The molecule has 1 amide bonds. The summed E-state index contributed by atoms with van der Waals surface area (Å²) in [4.78, 5) is 20.9. The van der Waals surface area contributed by atoms with Crippen LogP contribution in [0.1, 0.15) is 22.3 Å². The van der Waals surface area contributed by atoms with Gasteiger partial charge in [0, 0.05) is 12.7 Å². The zero-order valence-corrected chi connectivity index (χ0v) is 18.0. The Bertz CT molecular complexity index is 1250. The zero-order chi connectivity index (χ0) is 22.8. The lowest BCUT2D eigenvalue weighted by Crippen LogP contribution is -2.48. The van der Waals surface area contributed by atoms with Crippen molar-refractivity contribution >= 4 is 5.91 Å². The molecular weight excluding hydrogens is 425 g/mol. The van der Waals surface area contributed by atoms with E-state index in [0.29, 0.717) is 42.3 Å². The Morgan fingerprint density at radius 2 is 2.00 bits per heavy atom. The van der Waals surface area contributed by atoms with E-state index in [9.17, 15) is 9.18 Å². The quantitative estimate of drug-likeness (QED) is 0.467. The number of hydrogen-bond acceptors (Lipinski definition) is 6. The molecule has 1 fully saturated rings. The van der Waals surface area contributed by atoms with Crippen molar-refractivity contribution < 1.29 is 13.9 Å². The molecule has 0 unspecified atom stereocenters. The van der Waals surface area contributed by atoms with Crippen molar-refractivity contribution in [1.29, 1.82) is 0 Å². The molecule has 10 heteroatoms. The van der Waals surface area contributed by atoms with E-state index in [4.69, 9.17) is 4.74 Å². The van der Waals surface area contributed by atoms with Crippen molar-refractivity contribution in [2.75, 3.05) is 13.2 Å². The van der Waals surface area contributed by atoms with Gasteiger partial charge < -0.3 is 9.64 Å². The molecule has 1 aliphatic heterocycles. The zero-order valence-electron chi connectivity index (χ0n) is 18.0. The highest BCUT2D eigenvalue weighted by Gasteiger charge is 2.30. The van der Waals surface area contributed by atoms with Crippen LogP contribution in [0.25, 0.3) is 17.1 Å². The van der Waals surface area contributed by atoms with Crippen LogP contribution in [0.5, 0.6) is 0 Å². The van der Waals surface area contributed by atoms with Crippen LogP contribution < -0.4 is 0 Å². The maximum absolute atomic E-state index is 13.6. The molecule has 0 N–H and O–H groups in total. The van der Waals surface area contributed by atoms with Gasteiger partial charge in [-0.3, -0.25) is 14.5 Å². The molecule has 1 aliphatic rings. The van der Waals surface area contributed by atoms with Crippen molar-refractivity contribution in [3.63, 3.8) is 0 Å². The number of pyridine rings is 1. The number of aryl methyl sites for hydroxylation is 1. The number of amides is 1. The lowest BCUT2D eigenvalue weighted by atomic mass is 10.1. The topological polar surface area (TPSA) is 91.0 Å². The van der Waals surface area contributed by atoms with E-state index in [0.717, 1.165) is 18.2 Å². The Morgan fingerprint density at radius 3 is 2.79 bits per heavy atom. The molecule has 9 nitrogen and oxygen atoms in total. The van der Waals surface area contributed by atoms with E-state index in [1.165, 1.54) is 10.9 Å². The van der Waals surface area contributed by atoms with Gasteiger partial charge in [0.05, 0.1) is 48.7 Å². The number of halogens is 1. The summed E-state index contributed by atoms with van der Waals surface area (Å²) >= 11 is 0. The Balaban J connectivity index is 1.39. The normalized spacial score (nSPS) is 16.2. The molecule has 33 heavy (non-hydrogen) atoms. The van der Waals surface area contributed by atoms with E-state index >= 15 is 0 Å². The lowest BCUT2D eigenvalue weighted by molar-refractivity contribution is -0.0861. The summed E-state index contributed by atoms with van der Waals surface area (Å²) in [6.45, 7) is 3.42. The van der Waals surface area contributed by atoms with Gasteiger partial charge in [0.2, 0.25) is 0 Å². The van der Waals surface area contributed by atoms with Crippen LogP contribution in [-0.4, -0.2) is 59.9 Å². The van der Waals surface area contributed by atoms with Gasteiger partial charge in [0.25, 0.3) is 5.91 Å². The van der Waals surface area contributed by atoms with Crippen molar-refractivity contribution in [3.05, 3.63) is 78.1 Å². The summed E-state index contributed by atoms with van der Waals surface area (Å²) < 4.78 is 20.8. The number of carbonyl (C=O) groups excluding carboxylic acids is 1. The van der Waals surface area contributed by atoms with Gasteiger partial charge in [0.15, 0.2) is 6.23 Å². The molecule has 1 saturated heterocycles. The highest BCUT2D eigenvalue weighted by Crippen LogP contribution is 2.22. The van der Waals surface area contributed by atoms with Crippen molar-refractivity contribution in [1.82, 2.24) is 34.7 Å². The fourth-order valence-corrected chi connectivity index (χ4v) is 3.85. The third-order valence-electron chi connectivity index (χ3n) is 5.45. The van der Waals surface area contributed by atoms with E-state index in [2.05, 4.69) is 20.3 Å². The summed E-state index contributed by atoms with van der Waals surface area (Å²) in [6.07, 6.45) is 6.37. The summed E-state index contributed by atoms with van der Waals surface area (Å²) in [5.74, 6) is -0.549. The first-order valence-electron chi connectivity index (χ1n) is 10.6. The maximum Gasteiger partial charge on any atom is 0.258 e. The SMILES string of the molecule is Cc1ccc(-n2nccn2)c(C(=O)N2CCCO[C@@H]2Cn2ccc(-c3ccc(F)cn3)n2)c1. The van der Waals surface area contributed by atoms with Crippen LogP contribution in [0.2, 0.25) is 0 Å². The van der Waals surface area contributed by atoms with Crippen LogP contribution in [0.3, 0.4) is 0 Å². The van der Waals surface area contributed by atoms with Crippen LogP contribution >= 0.6 is 0 Å². The van der Waals surface area contributed by atoms with Gasteiger partial charge in [-0.05, 0) is 43.7 Å². The minimum atomic E-state index is -0.487. The van der Waals surface area contributed by atoms with E-state index < -0.39 is 12.0 Å². The number of carbonyl (C=O) groups is 1. The predicted octanol–water partition coefficient (Wildman–Crippen LogP) is 2.86. The first-order valence-corrected chi connectivity index (χ1v) is 10.6. The van der Waals surface area contributed by atoms with Gasteiger partial charge in [-0.1, -0.05) is 11.6 Å². The maximum atomic E-state index is 13.6. The van der Waals surface area contributed by atoms with Crippen LogP contribution in [0, 0.1) is 12.7 Å². The standard InChI is InChI=1S/C23H22FN7O2/c1-16-3-6-21(31-26-8-9-27-31)18(13-16)23(32)30-10-2-12-33-22(30)15-29-11-7-20(28-29)19-5-4-17(24)14-25-19/h3-9,11,13-14,22H,2,10,12,15H2,1H3/t22-/m1/s1. The third kappa shape index (κ3) is 4.37. The smallest absolute Gasteiger partial charge is 0.258 e. The lowest BCUT2D eigenvalue weighted by Gasteiger charge is -2.36. The Morgan fingerprint density at radius 1 is 1.15 bits per heavy atom. The molecule has 4 heterocycles. The van der Waals surface area contributed by atoms with Gasteiger partial charge in [-0.2, -0.15) is 20.1 Å². The average molecular weight is 447 g/mol. The second kappa shape index (κ2) is 8.91. The van der Waals surface area contributed by atoms with Crippen molar-refractivity contribution in [3.8, 4) is 17.1 Å². The van der Waals surface area contributed by atoms with Gasteiger partial charge in [0.1, 0.15) is 11.5 Å². The van der Waals surface area contributed by atoms with E-state index in [1.807, 2.05) is 25.1 Å². The molecule has 3 aromatic heterocycles. The molecule has 0 saturated carbocycles. The molecule has 0 aliphatic carbocycles. The first kappa shape index (κ1) is 21.0. The molecular formula is C23H22FN7O2. The number of aromatic nitrogens is 6. The van der Waals surface area contributed by atoms with E-state index in [-0.39, 0.29) is 5.91 Å². The van der Waals surface area contributed by atoms with Gasteiger partial charge in [-0.25, -0.2) is 4.39 Å². The Labute approximate surface area is 189 Å². The molecule has 0 radical (unpaired) electrons. The fraction of sp³-hybridized carbons (Fsp3) is 0.261. The number of ether oxygens (including phenoxy) is 1. The molecule has 5 rings (SSSR count). The second-order valence-corrected chi connectivity index (χ2v) is 7.80. The number of nitrogens with zero attached hydrogens (tertiary/aromatic N) is 7. The average Bonchev–Trinajstić information content (AvgIpc) is 3.52. The summed E-state index contributed by atoms with van der Waals surface area (Å²) in [7, 11) is 0. The van der Waals surface area contributed by atoms with E-state index in [1.54, 1.807) is 40.3 Å². The van der Waals surface area contributed by atoms with Gasteiger partial charge in [-0.15, -0.1) is 0 Å².